The average molecular weight is 338 g/mol. The molecule has 0 bridgehead atoms. The van der Waals surface area contributed by atoms with Crippen LogP contribution >= 0.6 is 0 Å². The second kappa shape index (κ2) is 6.27. The first-order valence-corrected chi connectivity index (χ1v) is 8.49. The van der Waals surface area contributed by atoms with Crippen LogP contribution in [-0.2, 0) is 19.4 Å². The second-order valence-corrected chi connectivity index (χ2v) is 6.68. The summed E-state index contributed by atoms with van der Waals surface area (Å²) in [6.07, 6.45) is 6.49. The van der Waals surface area contributed by atoms with Crippen LogP contribution in [0.1, 0.15) is 40.5 Å². The van der Waals surface area contributed by atoms with Gasteiger partial charge >= 0.3 is 0 Å². The number of aryl methyl sites for hydroxylation is 1. The van der Waals surface area contributed by atoms with Gasteiger partial charge in [0.15, 0.2) is 5.65 Å². The summed E-state index contributed by atoms with van der Waals surface area (Å²) in [6.45, 7) is 2.50. The van der Waals surface area contributed by atoms with Gasteiger partial charge in [-0.25, -0.2) is 13.9 Å². The maximum atomic E-state index is 13.2. The number of fused-ring (bicyclic) bond motifs is 3. The van der Waals surface area contributed by atoms with Gasteiger partial charge in [0.05, 0.1) is 6.20 Å². The topological polar surface area (TPSA) is 59.3 Å². The molecule has 1 aromatic carbocycles. The van der Waals surface area contributed by atoms with Crippen molar-refractivity contribution >= 4 is 11.6 Å². The average Bonchev–Trinajstić information content (AvgIpc) is 3.04. The van der Waals surface area contributed by atoms with E-state index in [2.05, 4.69) is 22.3 Å². The molecule has 0 fully saturated rings. The molecule has 0 aliphatic heterocycles. The third kappa shape index (κ3) is 2.99. The summed E-state index contributed by atoms with van der Waals surface area (Å²) in [5.74, 6) is 0.0810. The Bertz CT molecular complexity index is 950. The monoisotopic (exact) mass is 338 g/mol. The van der Waals surface area contributed by atoms with Gasteiger partial charge in [-0.2, -0.15) is 5.10 Å². The highest BCUT2D eigenvalue weighted by molar-refractivity contribution is 5.99. The van der Waals surface area contributed by atoms with E-state index in [0.29, 0.717) is 22.7 Å². The van der Waals surface area contributed by atoms with Crippen molar-refractivity contribution in [2.75, 3.05) is 0 Å². The molecule has 0 radical (unpaired) electrons. The second-order valence-electron chi connectivity index (χ2n) is 6.68. The maximum Gasteiger partial charge on any atom is 0.257 e. The number of nitrogens with zero attached hydrogens (tertiary/aromatic N) is 3. The van der Waals surface area contributed by atoms with Crippen molar-refractivity contribution in [2.45, 2.75) is 32.7 Å². The van der Waals surface area contributed by atoms with Crippen LogP contribution in [0.2, 0.25) is 0 Å². The minimum absolute atomic E-state index is 0.254. The largest absolute Gasteiger partial charge is 0.348 e. The Morgan fingerprint density at radius 2 is 2.28 bits per heavy atom. The number of hydrogen-bond donors (Lipinski definition) is 1. The molecule has 1 N–H and O–H groups in total. The van der Waals surface area contributed by atoms with Crippen LogP contribution in [0.25, 0.3) is 5.65 Å². The van der Waals surface area contributed by atoms with E-state index in [-0.39, 0.29) is 18.3 Å². The lowest BCUT2D eigenvalue weighted by atomic mass is 9.89. The molecule has 2 aromatic heterocycles. The van der Waals surface area contributed by atoms with E-state index in [1.165, 1.54) is 17.7 Å². The number of nitrogens with one attached hydrogen (secondary N) is 1. The van der Waals surface area contributed by atoms with Crippen molar-refractivity contribution in [2.24, 2.45) is 5.92 Å². The zero-order valence-electron chi connectivity index (χ0n) is 14.0. The fourth-order valence-electron chi connectivity index (χ4n) is 3.40. The number of amides is 1. The van der Waals surface area contributed by atoms with E-state index in [4.69, 9.17) is 0 Å². The SMILES string of the molecule is C[C@@H]1CCc2c(cnc3c(C(=O)NCc4cccc(F)c4)cnn23)C1. The van der Waals surface area contributed by atoms with E-state index < -0.39 is 0 Å². The lowest BCUT2D eigenvalue weighted by molar-refractivity contribution is 0.0952. The smallest absolute Gasteiger partial charge is 0.257 e. The number of carbonyl (C=O) groups excluding carboxylic acids is 1. The standard InChI is InChI=1S/C19H19FN4O/c1-12-5-6-17-14(7-12)10-21-18-16(11-23-24(17)18)19(25)22-9-13-3-2-4-15(20)8-13/h2-4,8,10-12H,5-7,9H2,1H3,(H,22,25)/t12-/m1/s1. The molecule has 1 aliphatic rings. The number of aromatic nitrogens is 3. The fraction of sp³-hybridized carbons (Fsp3) is 0.316. The van der Waals surface area contributed by atoms with Gasteiger partial charge in [0.1, 0.15) is 11.4 Å². The molecule has 1 atom stereocenters. The van der Waals surface area contributed by atoms with E-state index in [9.17, 15) is 9.18 Å². The van der Waals surface area contributed by atoms with Gasteiger partial charge < -0.3 is 5.32 Å². The molecule has 1 amide bonds. The van der Waals surface area contributed by atoms with Gasteiger partial charge in [0, 0.05) is 18.4 Å². The van der Waals surface area contributed by atoms with E-state index in [1.807, 2.05) is 6.20 Å². The Morgan fingerprint density at radius 1 is 1.40 bits per heavy atom. The minimum atomic E-state index is -0.315. The summed E-state index contributed by atoms with van der Waals surface area (Å²) < 4.78 is 15.0. The zero-order chi connectivity index (χ0) is 17.4. The van der Waals surface area contributed by atoms with Crippen LogP contribution < -0.4 is 5.32 Å². The first kappa shape index (κ1) is 15.7. The highest BCUT2D eigenvalue weighted by Gasteiger charge is 2.21. The molecule has 0 saturated heterocycles. The summed E-state index contributed by atoms with van der Waals surface area (Å²) in [6, 6.07) is 6.19. The van der Waals surface area contributed by atoms with E-state index in [1.54, 1.807) is 22.8 Å². The normalized spacial score (nSPS) is 16.6. The molecule has 25 heavy (non-hydrogen) atoms. The van der Waals surface area contributed by atoms with E-state index >= 15 is 0 Å². The summed E-state index contributed by atoms with van der Waals surface area (Å²) in [5.41, 5.74) is 4.08. The molecule has 3 aromatic rings. The van der Waals surface area contributed by atoms with Crippen molar-refractivity contribution < 1.29 is 9.18 Å². The highest BCUT2D eigenvalue weighted by Crippen LogP contribution is 2.25. The molecule has 1 aliphatic carbocycles. The van der Waals surface area contributed by atoms with Crippen LogP contribution in [-0.4, -0.2) is 20.5 Å². The Morgan fingerprint density at radius 3 is 3.12 bits per heavy atom. The predicted molar refractivity (Wildman–Crippen MR) is 91.7 cm³/mol. The van der Waals surface area contributed by atoms with Crippen LogP contribution in [0.4, 0.5) is 4.39 Å². The molecule has 0 spiro atoms. The van der Waals surface area contributed by atoms with Crippen molar-refractivity contribution in [1.82, 2.24) is 19.9 Å². The minimum Gasteiger partial charge on any atom is -0.348 e. The number of rotatable bonds is 3. The lowest BCUT2D eigenvalue weighted by Gasteiger charge is -2.21. The molecule has 0 saturated carbocycles. The maximum absolute atomic E-state index is 13.2. The molecule has 128 valence electrons. The van der Waals surface area contributed by atoms with Crippen molar-refractivity contribution in [3.05, 3.63) is 64.9 Å². The molecule has 5 nitrogen and oxygen atoms in total. The van der Waals surface area contributed by atoms with Gasteiger partial charge in [-0.05, 0) is 48.4 Å². The molecule has 2 heterocycles. The van der Waals surface area contributed by atoms with Crippen LogP contribution in [0.15, 0.2) is 36.7 Å². The first-order chi connectivity index (χ1) is 12.1. The van der Waals surface area contributed by atoms with Gasteiger partial charge in [-0.3, -0.25) is 4.79 Å². The summed E-state index contributed by atoms with van der Waals surface area (Å²) in [5, 5.41) is 7.19. The number of benzene rings is 1. The van der Waals surface area contributed by atoms with Crippen molar-refractivity contribution in [1.29, 1.82) is 0 Å². The molecular formula is C19H19FN4O. The highest BCUT2D eigenvalue weighted by atomic mass is 19.1. The van der Waals surface area contributed by atoms with Crippen LogP contribution in [0.3, 0.4) is 0 Å². The van der Waals surface area contributed by atoms with E-state index in [0.717, 1.165) is 25.0 Å². The third-order valence-electron chi connectivity index (χ3n) is 4.74. The Balaban J connectivity index is 1.58. The molecule has 4 rings (SSSR count). The molecule has 0 unspecified atom stereocenters. The number of halogens is 1. The number of hydrogen-bond acceptors (Lipinski definition) is 3. The van der Waals surface area contributed by atoms with Gasteiger partial charge in [0.2, 0.25) is 0 Å². The lowest BCUT2D eigenvalue weighted by Crippen LogP contribution is -2.23. The fourth-order valence-corrected chi connectivity index (χ4v) is 3.40. The third-order valence-corrected chi connectivity index (χ3v) is 4.74. The van der Waals surface area contributed by atoms with Crippen molar-refractivity contribution in [3.8, 4) is 0 Å². The first-order valence-electron chi connectivity index (χ1n) is 8.49. The van der Waals surface area contributed by atoms with Gasteiger partial charge in [-0.1, -0.05) is 19.1 Å². The molecular weight excluding hydrogens is 319 g/mol. The molecule has 6 heteroatoms. The summed E-state index contributed by atoms with van der Waals surface area (Å²) >= 11 is 0. The zero-order valence-corrected chi connectivity index (χ0v) is 14.0. The summed E-state index contributed by atoms with van der Waals surface area (Å²) in [4.78, 5) is 17.0. The number of carbonyl (C=O) groups is 1. The predicted octanol–water partition coefficient (Wildman–Crippen LogP) is 2.92. The Labute approximate surface area is 144 Å². The van der Waals surface area contributed by atoms with Gasteiger partial charge in [-0.15, -0.1) is 0 Å². The summed E-state index contributed by atoms with van der Waals surface area (Å²) in [7, 11) is 0. The van der Waals surface area contributed by atoms with Crippen LogP contribution in [0.5, 0.6) is 0 Å². The van der Waals surface area contributed by atoms with Gasteiger partial charge in [0.25, 0.3) is 5.91 Å². The Hall–Kier alpha value is -2.76. The van der Waals surface area contributed by atoms with Crippen LogP contribution in [0, 0.1) is 11.7 Å². The quantitative estimate of drug-likeness (QED) is 0.799. The Kier molecular flexibility index (Phi) is 3.95. The van der Waals surface area contributed by atoms with Crippen molar-refractivity contribution in [3.63, 3.8) is 0 Å².